The number of hydrogen-bond donors (Lipinski definition) is 1. The van der Waals surface area contributed by atoms with E-state index < -0.39 is 5.97 Å². The molecule has 1 fully saturated rings. The lowest BCUT2D eigenvalue weighted by Gasteiger charge is -2.26. The Kier molecular flexibility index (Phi) is 3.80. The molecule has 0 radical (unpaired) electrons. The van der Waals surface area contributed by atoms with Gasteiger partial charge in [0, 0.05) is 23.3 Å². The molecule has 128 valence electrons. The molecule has 1 aliphatic rings. The Morgan fingerprint density at radius 1 is 1.36 bits per heavy atom. The minimum atomic E-state index is -1.08. The standard InChI is InChI=1S/C17H14ClFN4O2/c18-10-3-4-13(19)11(8-10)14-2-1-6-22(14)15-5-7-23-16(21-15)12(9-20-23)17(24)25/h3-5,7-9,14H,1-2,6H2,(H,24,25). The second kappa shape index (κ2) is 6.00. The van der Waals surface area contributed by atoms with Gasteiger partial charge in [0.2, 0.25) is 0 Å². The number of anilines is 1. The molecular formula is C17H14ClFN4O2. The number of hydrogen-bond acceptors (Lipinski definition) is 4. The smallest absolute Gasteiger partial charge is 0.341 e. The highest BCUT2D eigenvalue weighted by molar-refractivity contribution is 6.30. The van der Waals surface area contributed by atoms with Crippen molar-refractivity contribution in [2.45, 2.75) is 18.9 Å². The number of carbonyl (C=O) groups is 1. The van der Waals surface area contributed by atoms with E-state index in [0.29, 0.717) is 22.9 Å². The van der Waals surface area contributed by atoms with Gasteiger partial charge in [-0.1, -0.05) is 11.6 Å². The zero-order valence-corrected chi connectivity index (χ0v) is 13.8. The predicted octanol–water partition coefficient (Wildman–Crippen LogP) is 3.56. The predicted molar refractivity (Wildman–Crippen MR) is 90.7 cm³/mol. The zero-order chi connectivity index (χ0) is 17.6. The van der Waals surface area contributed by atoms with E-state index in [1.807, 2.05) is 4.90 Å². The first-order valence-electron chi connectivity index (χ1n) is 7.84. The molecule has 8 heteroatoms. The summed E-state index contributed by atoms with van der Waals surface area (Å²) in [6.07, 6.45) is 4.59. The lowest BCUT2D eigenvalue weighted by atomic mass is 10.0. The number of nitrogens with zero attached hydrogens (tertiary/aromatic N) is 4. The molecule has 0 spiro atoms. The molecule has 1 aromatic carbocycles. The third-order valence-electron chi connectivity index (χ3n) is 4.45. The molecule has 2 aromatic heterocycles. The Hall–Kier alpha value is -2.67. The first kappa shape index (κ1) is 15.8. The maximum atomic E-state index is 14.3. The number of aromatic carboxylic acids is 1. The van der Waals surface area contributed by atoms with E-state index in [4.69, 9.17) is 11.6 Å². The number of rotatable bonds is 3. The molecule has 3 heterocycles. The number of benzene rings is 1. The fourth-order valence-corrected chi connectivity index (χ4v) is 3.48. The highest BCUT2D eigenvalue weighted by atomic mass is 35.5. The highest BCUT2D eigenvalue weighted by Gasteiger charge is 2.30. The maximum Gasteiger partial charge on any atom is 0.341 e. The topological polar surface area (TPSA) is 70.7 Å². The maximum absolute atomic E-state index is 14.3. The van der Waals surface area contributed by atoms with E-state index in [-0.39, 0.29) is 23.1 Å². The van der Waals surface area contributed by atoms with Crippen molar-refractivity contribution in [2.24, 2.45) is 0 Å². The fourth-order valence-electron chi connectivity index (χ4n) is 3.30. The SMILES string of the molecule is O=C(O)c1cnn2ccc(N3CCCC3c3cc(Cl)ccc3F)nc12. The summed E-state index contributed by atoms with van der Waals surface area (Å²) in [6, 6.07) is 6.09. The van der Waals surface area contributed by atoms with Crippen LogP contribution in [0.15, 0.2) is 36.7 Å². The van der Waals surface area contributed by atoms with Gasteiger partial charge < -0.3 is 10.0 Å². The quantitative estimate of drug-likeness (QED) is 0.773. The number of halogens is 2. The van der Waals surface area contributed by atoms with Crippen LogP contribution in [0.3, 0.4) is 0 Å². The lowest BCUT2D eigenvalue weighted by molar-refractivity contribution is 0.0699. The summed E-state index contributed by atoms with van der Waals surface area (Å²) in [5.74, 6) is -0.797. The van der Waals surface area contributed by atoms with Gasteiger partial charge in [-0.05, 0) is 37.1 Å². The van der Waals surface area contributed by atoms with Gasteiger partial charge in [0.15, 0.2) is 5.65 Å². The number of carboxylic acid groups (broad SMARTS) is 1. The molecule has 6 nitrogen and oxygen atoms in total. The van der Waals surface area contributed by atoms with Crippen molar-refractivity contribution >= 4 is 29.0 Å². The van der Waals surface area contributed by atoms with Crippen LogP contribution in [0.5, 0.6) is 0 Å². The van der Waals surface area contributed by atoms with E-state index in [2.05, 4.69) is 10.1 Å². The molecule has 1 N–H and O–H groups in total. The van der Waals surface area contributed by atoms with E-state index in [1.54, 1.807) is 18.3 Å². The third kappa shape index (κ3) is 2.70. The summed E-state index contributed by atoms with van der Waals surface area (Å²) in [6.45, 7) is 0.705. The molecule has 0 amide bonds. The molecule has 0 bridgehead atoms. The van der Waals surface area contributed by atoms with Crippen molar-refractivity contribution in [1.29, 1.82) is 0 Å². The van der Waals surface area contributed by atoms with Crippen molar-refractivity contribution in [1.82, 2.24) is 14.6 Å². The minimum absolute atomic E-state index is 0.0338. The number of aromatic nitrogens is 3. The van der Waals surface area contributed by atoms with Crippen molar-refractivity contribution in [3.05, 3.63) is 58.6 Å². The largest absolute Gasteiger partial charge is 0.477 e. The molecule has 1 atom stereocenters. The molecule has 4 rings (SSSR count). The Morgan fingerprint density at radius 2 is 2.20 bits per heavy atom. The van der Waals surface area contributed by atoms with Crippen molar-refractivity contribution in [3.8, 4) is 0 Å². The Balaban J connectivity index is 1.77. The fraction of sp³-hybridized carbons (Fsp3) is 0.235. The first-order chi connectivity index (χ1) is 12.0. The van der Waals surface area contributed by atoms with Gasteiger partial charge in [-0.2, -0.15) is 5.10 Å². The molecule has 0 aliphatic carbocycles. The van der Waals surface area contributed by atoms with Crippen LogP contribution in [-0.2, 0) is 0 Å². The van der Waals surface area contributed by atoms with Crippen molar-refractivity contribution < 1.29 is 14.3 Å². The van der Waals surface area contributed by atoms with E-state index in [0.717, 1.165) is 12.8 Å². The molecule has 1 unspecified atom stereocenters. The molecule has 0 saturated carbocycles. The van der Waals surface area contributed by atoms with Gasteiger partial charge in [0.05, 0.1) is 12.2 Å². The van der Waals surface area contributed by atoms with Crippen molar-refractivity contribution in [3.63, 3.8) is 0 Å². The van der Waals surface area contributed by atoms with Gasteiger partial charge >= 0.3 is 5.97 Å². The summed E-state index contributed by atoms with van der Waals surface area (Å²) in [5.41, 5.74) is 0.826. The van der Waals surface area contributed by atoms with E-state index >= 15 is 0 Å². The third-order valence-corrected chi connectivity index (χ3v) is 4.68. The van der Waals surface area contributed by atoms with Crippen LogP contribution < -0.4 is 4.90 Å². The van der Waals surface area contributed by atoms with Crippen LogP contribution in [0.25, 0.3) is 5.65 Å². The van der Waals surface area contributed by atoms with E-state index in [1.165, 1.54) is 22.8 Å². The first-order valence-corrected chi connectivity index (χ1v) is 8.21. The average molecular weight is 361 g/mol. The van der Waals surface area contributed by atoms with E-state index in [9.17, 15) is 14.3 Å². The lowest BCUT2D eigenvalue weighted by Crippen LogP contribution is -2.24. The van der Waals surface area contributed by atoms with Crippen LogP contribution in [-0.4, -0.2) is 32.2 Å². The summed E-state index contributed by atoms with van der Waals surface area (Å²) in [4.78, 5) is 17.7. The number of carboxylic acids is 1. The minimum Gasteiger partial charge on any atom is -0.477 e. The van der Waals surface area contributed by atoms with Gasteiger partial charge in [0.1, 0.15) is 17.2 Å². The molecule has 1 saturated heterocycles. The molecule has 3 aromatic rings. The van der Waals surface area contributed by atoms with Crippen molar-refractivity contribution in [2.75, 3.05) is 11.4 Å². The molecular weight excluding hydrogens is 347 g/mol. The highest BCUT2D eigenvalue weighted by Crippen LogP contribution is 2.37. The van der Waals surface area contributed by atoms with Gasteiger partial charge in [-0.15, -0.1) is 0 Å². The Labute approximate surface area is 147 Å². The molecule has 1 aliphatic heterocycles. The summed E-state index contributed by atoms with van der Waals surface area (Å²) in [7, 11) is 0. The van der Waals surface area contributed by atoms with Crippen LogP contribution >= 0.6 is 11.6 Å². The normalized spacial score (nSPS) is 17.4. The van der Waals surface area contributed by atoms with Crippen LogP contribution in [0, 0.1) is 5.82 Å². The van der Waals surface area contributed by atoms with Crippen LogP contribution in [0.2, 0.25) is 5.02 Å². The van der Waals surface area contributed by atoms with Gasteiger partial charge in [-0.25, -0.2) is 18.7 Å². The molecule has 25 heavy (non-hydrogen) atoms. The van der Waals surface area contributed by atoms with Crippen LogP contribution in [0.4, 0.5) is 10.2 Å². The second-order valence-electron chi connectivity index (χ2n) is 5.93. The summed E-state index contributed by atoms with van der Waals surface area (Å²) < 4.78 is 15.7. The Morgan fingerprint density at radius 3 is 3.00 bits per heavy atom. The second-order valence-corrected chi connectivity index (χ2v) is 6.37. The Bertz CT molecular complexity index is 974. The zero-order valence-electron chi connectivity index (χ0n) is 13.1. The average Bonchev–Trinajstić information content (AvgIpc) is 3.22. The monoisotopic (exact) mass is 360 g/mol. The van der Waals surface area contributed by atoms with Gasteiger partial charge in [0.25, 0.3) is 0 Å². The van der Waals surface area contributed by atoms with Gasteiger partial charge in [-0.3, -0.25) is 0 Å². The van der Waals surface area contributed by atoms with Crippen LogP contribution in [0.1, 0.15) is 34.8 Å². The summed E-state index contributed by atoms with van der Waals surface area (Å²) in [5, 5.41) is 13.7. The summed E-state index contributed by atoms with van der Waals surface area (Å²) >= 11 is 6.03. The number of fused-ring (bicyclic) bond motifs is 1.